The van der Waals surface area contributed by atoms with Crippen molar-refractivity contribution in [3.05, 3.63) is 16.1 Å². The van der Waals surface area contributed by atoms with Crippen LogP contribution in [0.25, 0.3) is 0 Å². The number of nitrogens with zero attached hydrogens (tertiary/aromatic N) is 4. The maximum Gasteiger partial charge on any atom is 0.225 e. The van der Waals surface area contributed by atoms with Crippen LogP contribution in [0.5, 0.6) is 0 Å². The van der Waals surface area contributed by atoms with Crippen molar-refractivity contribution in [2.75, 3.05) is 4.90 Å². The summed E-state index contributed by atoms with van der Waals surface area (Å²) in [5.74, 6) is 0.833. The molecule has 3 rings (SSSR count). The van der Waals surface area contributed by atoms with Crippen LogP contribution in [0, 0.1) is 0 Å². The van der Waals surface area contributed by atoms with Gasteiger partial charge in [-0.15, -0.1) is 21.5 Å². The molecule has 2 heterocycles. The van der Waals surface area contributed by atoms with Gasteiger partial charge in [0, 0.05) is 29.5 Å². The van der Waals surface area contributed by atoms with Gasteiger partial charge in [0.15, 0.2) is 4.34 Å². The molecule has 0 atom stereocenters. The lowest BCUT2D eigenvalue weighted by Gasteiger charge is -2.15. The minimum absolute atomic E-state index is 0.0505. The Kier molecular flexibility index (Phi) is 4.75. The molecule has 2 aromatic heterocycles. The summed E-state index contributed by atoms with van der Waals surface area (Å²) >= 11 is 4.83. The first kappa shape index (κ1) is 16.9. The highest BCUT2D eigenvalue weighted by molar-refractivity contribution is 8.00. The van der Waals surface area contributed by atoms with Crippen LogP contribution >= 0.6 is 34.4 Å². The highest BCUT2D eigenvalue weighted by atomic mass is 32.2. The van der Waals surface area contributed by atoms with Gasteiger partial charge in [-0.2, -0.15) is 0 Å². The van der Waals surface area contributed by atoms with Crippen LogP contribution in [-0.4, -0.2) is 27.1 Å². The molecule has 1 aliphatic rings. The Balaban J connectivity index is 1.63. The summed E-state index contributed by atoms with van der Waals surface area (Å²) in [5.41, 5.74) is 1.17. The summed E-state index contributed by atoms with van der Waals surface area (Å²) in [6, 6.07) is 0.325. The molecule has 0 aliphatic heterocycles. The number of thioether (sulfide) groups is 1. The standard InChI is InChI=1S/C15H20N4OS3/c1-9(20)19(11-5-6-11)13-17-18-14(23-13)22-8-10-7-21-12(16-10)15(2,3)4/h7,11H,5-6,8H2,1-4H3. The second kappa shape index (κ2) is 6.49. The molecule has 1 amide bonds. The van der Waals surface area contributed by atoms with E-state index in [-0.39, 0.29) is 11.3 Å². The minimum Gasteiger partial charge on any atom is -0.284 e. The Morgan fingerprint density at radius 2 is 2.13 bits per heavy atom. The smallest absolute Gasteiger partial charge is 0.225 e. The van der Waals surface area contributed by atoms with Crippen molar-refractivity contribution in [2.45, 2.75) is 62.1 Å². The topological polar surface area (TPSA) is 59.0 Å². The van der Waals surface area contributed by atoms with E-state index in [1.807, 2.05) is 0 Å². The van der Waals surface area contributed by atoms with E-state index < -0.39 is 0 Å². The number of thiazole rings is 1. The maximum atomic E-state index is 11.8. The van der Waals surface area contributed by atoms with E-state index in [0.29, 0.717) is 6.04 Å². The van der Waals surface area contributed by atoms with Crippen molar-refractivity contribution >= 4 is 45.5 Å². The van der Waals surface area contributed by atoms with Crippen LogP contribution in [0.4, 0.5) is 5.13 Å². The first-order chi connectivity index (χ1) is 10.8. The zero-order valence-corrected chi connectivity index (χ0v) is 16.1. The Hall–Kier alpha value is -0.990. The van der Waals surface area contributed by atoms with Crippen LogP contribution < -0.4 is 4.90 Å². The number of carbonyl (C=O) groups is 1. The largest absolute Gasteiger partial charge is 0.284 e. The van der Waals surface area contributed by atoms with Gasteiger partial charge in [-0.25, -0.2) is 4.98 Å². The second-order valence-corrected chi connectivity index (χ2v) is 9.69. The Morgan fingerprint density at radius 1 is 1.39 bits per heavy atom. The van der Waals surface area contributed by atoms with E-state index in [1.165, 1.54) is 11.3 Å². The first-order valence-electron chi connectivity index (χ1n) is 7.55. The van der Waals surface area contributed by atoms with E-state index in [2.05, 4.69) is 36.3 Å². The molecule has 8 heteroatoms. The highest BCUT2D eigenvalue weighted by Crippen LogP contribution is 2.36. The number of hydrogen-bond donors (Lipinski definition) is 0. The highest BCUT2D eigenvalue weighted by Gasteiger charge is 2.34. The zero-order valence-electron chi connectivity index (χ0n) is 13.7. The van der Waals surface area contributed by atoms with Crippen molar-refractivity contribution < 1.29 is 4.79 Å². The van der Waals surface area contributed by atoms with Crippen molar-refractivity contribution in [3.8, 4) is 0 Å². The van der Waals surface area contributed by atoms with E-state index in [0.717, 1.165) is 38.8 Å². The summed E-state index contributed by atoms with van der Waals surface area (Å²) in [7, 11) is 0. The van der Waals surface area contributed by atoms with Crippen LogP contribution in [-0.2, 0) is 16.0 Å². The van der Waals surface area contributed by atoms with E-state index >= 15 is 0 Å². The summed E-state index contributed by atoms with van der Waals surface area (Å²) < 4.78 is 0.886. The number of rotatable bonds is 5. The third-order valence-electron chi connectivity index (χ3n) is 3.39. The Morgan fingerprint density at radius 3 is 2.70 bits per heavy atom. The fourth-order valence-corrected chi connectivity index (χ4v) is 4.95. The fourth-order valence-electron chi connectivity index (χ4n) is 2.09. The fraction of sp³-hybridized carbons (Fsp3) is 0.600. The Labute approximate surface area is 148 Å². The van der Waals surface area contributed by atoms with Crippen LogP contribution in [0.3, 0.4) is 0 Å². The normalized spacial score (nSPS) is 15.0. The summed E-state index contributed by atoms with van der Waals surface area (Å²) in [6.45, 7) is 8.12. The lowest BCUT2D eigenvalue weighted by Crippen LogP contribution is -2.30. The monoisotopic (exact) mass is 368 g/mol. The van der Waals surface area contributed by atoms with E-state index in [4.69, 9.17) is 4.98 Å². The third-order valence-corrected chi connectivity index (χ3v) is 6.80. The predicted molar refractivity (Wildman–Crippen MR) is 96.5 cm³/mol. The third kappa shape index (κ3) is 4.10. The van der Waals surface area contributed by atoms with Crippen molar-refractivity contribution in [1.82, 2.24) is 15.2 Å². The van der Waals surface area contributed by atoms with Gasteiger partial charge in [0.25, 0.3) is 0 Å². The van der Waals surface area contributed by atoms with Gasteiger partial charge in [-0.05, 0) is 12.8 Å². The molecule has 1 fully saturated rings. The molecule has 1 saturated carbocycles. The first-order valence-corrected chi connectivity index (χ1v) is 10.2. The number of anilines is 1. The van der Waals surface area contributed by atoms with Crippen molar-refractivity contribution in [3.63, 3.8) is 0 Å². The molecule has 124 valence electrons. The molecule has 1 aliphatic carbocycles. The van der Waals surface area contributed by atoms with Gasteiger partial charge in [0.1, 0.15) is 0 Å². The number of amides is 1. The van der Waals surface area contributed by atoms with Gasteiger partial charge in [0.05, 0.1) is 10.7 Å². The van der Waals surface area contributed by atoms with Gasteiger partial charge < -0.3 is 0 Å². The molecule has 0 radical (unpaired) electrons. The molecular weight excluding hydrogens is 348 g/mol. The summed E-state index contributed by atoms with van der Waals surface area (Å²) in [6.07, 6.45) is 2.13. The van der Waals surface area contributed by atoms with E-state index in [1.54, 1.807) is 34.9 Å². The molecule has 0 aromatic carbocycles. The number of carbonyl (C=O) groups excluding carboxylic acids is 1. The van der Waals surface area contributed by atoms with Gasteiger partial charge in [-0.3, -0.25) is 9.69 Å². The second-order valence-electron chi connectivity index (χ2n) is 6.65. The number of hydrogen-bond acceptors (Lipinski definition) is 7. The average Bonchev–Trinajstić information content (AvgIpc) is 2.99. The molecule has 0 unspecified atom stereocenters. The van der Waals surface area contributed by atoms with Crippen molar-refractivity contribution in [1.29, 1.82) is 0 Å². The van der Waals surface area contributed by atoms with Gasteiger partial charge in [0.2, 0.25) is 11.0 Å². The molecule has 0 N–H and O–H groups in total. The molecule has 23 heavy (non-hydrogen) atoms. The molecule has 5 nitrogen and oxygen atoms in total. The summed E-state index contributed by atoms with van der Waals surface area (Å²) in [5, 5.41) is 12.4. The molecule has 0 bridgehead atoms. The van der Waals surface area contributed by atoms with Crippen LogP contribution in [0.2, 0.25) is 0 Å². The Bertz CT molecular complexity index is 700. The average molecular weight is 369 g/mol. The lowest BCUT2D eigenvalue weighted by molar-refractivity contribution is -0.116. The minimum atomic E-state index is 0.0505. The molecule has 2 aromatic rings. The molecular formula is C15H20N4OS3. The van der Waals surface area contributed by atoms with Crippen LogP contribution in [0.1, 0.15) is 51.2 Å². The number of aromatic nitrogens is 3. The predicted octanol–water partition coefficient (Wildman–Crippen LogP) is 4.10. The maximum absolute atomic E-state index is 11.8. The van der Waals surface area contributed by atoms with E-state index in [9.17, 15) is 4.79 Å². The SMILES string of the molecule is CC(=O)N(c1nnc(SCc2csc(C(C)(C)C)n2)s1)C1CC1. The zero-order chi connectivity index (χ0) is 16.6. The molecule has 0 spiro atoms. The van der Waals surface area contributed by atoms with Crippen LogP contribution in [0.15, 0.2) is 9.72 Å². The molecule has 0 saturated heterocycles. The van der Waals surface area contributed by atoms with Gasteiger partial charge in [-0.1, -0.05) is 43.9 Å². The summed E-state index contributed by atoms with van der Waals surface area (Å²) in [4.78, 5) is 18.2. The van der Waals surface area contributed by atoms with Gasteiger partial charge >= 0.3 is 0 Å². The van der Waals surface area contributed by atoms with Crippen molar-refractivity contribution in [2.24, 2.45) is 0 Å². The lowest BCUT2D eigenvalue weighted by atomic mass is 9.98. The quantitative estimate of drug-likeness (QED) is 0.587.